The molecule has 0 radical (unpaired) electrons. The summed E-state index contributed by atoms with van der Waals surface area (Å²) in [6, 6.07) is 0. The molecule has 0 unspecified atom stereocenters. The summed E-state index contributed by atoms with van der Waals surface area (Å²) in [6.45, 7) is 2.85. The minimum atomic E-state index is -0.370. The Morgan fingerprint density at radius 2 is 1.87 bits per heavy atom. The quantitative estimate of drug-likeness (QED) is 0.758. The zero-order valence-corrected chi connectivity index (χ0v) is 14.1. The highest BCUT2D eigenvalue weighted by atomic mass is 16.2. The van der Waals surface area contributed by atoms with Gasteiger partial charge in [-0.3, -0.25) is 14.4 Å². The Morgan fingerprint density at radius 3 is 2.70 bits per heavy atom. The van der Waals surface area contributed by atoms with E-state index in [0.29, 0.717) is 26.1 Å². The number of hydrogen-bond donors (Lipinski definition) is 0. The van der Waals surface area contributed by atoms with Gasteiger partial charge in [-0.25, -0.2) is 0 Å². The third-order valence-electron chi connectivity index (χ3n) is 5.65. The molecule has 6 heteroatoms. The first-order valence-corrected chi connectivity index (χ1v) is 8.83. The first kappa shape index (κ1) is 16.3. The maximum Gasteiger partial charge on any atom is 0.242 e. The minimum absolute atomic E-state index is 0.00171. The Labute approximate surface area is 137 Å². The van der Waals surface area contributed by atoms with E-state index in [0.717, 1.165) is 45.1 Å². The molecule has 128 valence electrons. The second-order valence-electron chi connectivity index (χ2n) is 7.30. The average Bonchev–Trinajstić information content (AvgIpc) is 2.86. The van der Waals surface area contributed by atoms with Gasteiger partial charge in [0.25, 0.3) is 0 Å². The highest BCUT2D eigenvalue weighted by molar-refractivity contribution is 5.88. The largest absolute Gasteiger partial charge is 0.345 e. The van der Waals surface area contributed by atoms with Crippen LogP contribution in [0.5, 0.6) is 0 Å². The second-order valence-corrected chi connectivity index (χ2v) is 7.30. The molecule has 3 aliphatic heterocycles. The van der Waals surface area contributed by atoms with Crippen LogP contribution in [-0.2, 0) is 14.4 Å². The number of hydrogen-bond acceptors (Lipinski definition) is 3. The molecule has 3 rings (SSSR count). The van der Waals surface area contributed by atoms with Crippen molar-refractivity contribution in [1.29, 1.82) is 0 Å². The molecule has 3 amide bonds. The molecular formula is C17H27N3O3. The standard InChI is InChI=1S/C17H27N3O3/c1-18-9-5-7-17(16(18)23)8-11-20(13-17)15(22)12-19-10-4-2-3-6-14(19)21/h2-13H2,1H3/t17-/m0/s1. The van der Waals surface area contributed by atoms with Crippen molar-refractivity contribution in [1.82, 2.24) is 14.7 Å². The van der Waals surface area contributed by atoms with Crippen LogP contribution in [0.1, 0.15) is 44.9 Å². The third-order valence-corrected chi connectivity index (χ3v) is 5.65. The topological polar surface area (TPSA) is 60.9 Å². The molecule has 23 heavy (non-hydrogen) atoms. The van der Waals surface area contributed by atoms with Gasteiger partial charge in [-0.1, -0.05) is 6.42 Å². The normalized spacial score (nSPS) is 29.3. The Kier molecular flexibility index (Phi) is 4.60. The van der Waals surface area contributed by atoms with Crippen LogP contribution < -0.4 is 0 Å². The monoisotopic (exact) mass is 321 g/mol. The van der Waals surface area contributed by atoms with Gasteiger partial charge in [-0.15, -0.1) is 0 Å². The number of rotatable bonds is 2. The summed E-state index contributed by atoms with van der Waals surface area (Å²) in [7, 11) is 1.85. The molecule has 1 spiro atoms. The lowest BCUT2D eigenvalue weighted by Gasteiger charge is -2.37. The number of carbonyl (C=O) groups excluding carboxylic acids is 3. The van der Waals surface area contributed by atoms with Crippen molar-refractivity contribution in [2.24, 2.45) is 5.41 Å². The van der Waals surface area contributed by atoms with Crippen LogP contribution in [0.25, 0.3) is 0 Å². The lowest BCUT2D eigenvalue weighted by molar-refractivity contribution is -0.145. The van der Waals surface area contributed by atoms with Gasteiger partial charge < -0.3 is 14.7 Å². The van der Waals surface area contributed by atoms with Crippen LogP contribution in [0.15, 0.2) is 0 Å². The van der Waals surface area contributed by atoms with Crippen LogP contribution in [0.2, 0.25) is 0 Å². The number of piperidine rings is 1. The van der Waals surface area contributed by atoms with E-state index in [4.69, 9.17) is 0 Å². The van der Waals surface area contributed by atoms with Gasteiger partial charge in [0.15, 0.2) is 0 Å². The number of amides is 3. The van der Waals surface area contributed by atoms with Crippen LogP contribution in [0.4, 0.5) is 0 Å². The Hall–Kier alpha value is -1.59. The van der Waals surface area contributed by atoms with Crippen LogP contribution in [-0.4, -0.2) is 72.2 Å². The molecule has 6 nitrogen and oxygen atoms in total. The first-order valence-electron chi connectivity index (χ1n) is 8.83. The van der Waals surface area contributed by atoms with Gasteiger partial charge in [0, 0.05) is 39.6 Å². The van der Waals surface area contributed by atoms with E-state index >= 15 is 0 Å². The highest BCUT2D eigenvalue weighted by Gasteiger charge is 2.48. The fraction of sp³-hybridized carbons (Fsp3) is 0.824. The molecule has 3 saturated heterocycles. The van der Waals surface area contributed by atoms with Crippen molar-refractivity contribution in [3.63, 3.8) is 0 Å². The molecule has 0 aromatic heterocycles. The molecule has 0 aromatic rings. The van der Waals surface area contributed by atoms with E-state index in [-0.39, 0.29) is 29.7 Å². The molecule has 1 atom stereocenters. The summed E-state index contributed by atoms with van der Waals surface area (Å²) in [5, 5.41) is 0. The van der Waals surface area contributed by atoms with E-state index in [1.807, 2.05) is 7.05 Å². The smallest absolute Gasteiger partial charge is 0.242 e. The van der Waals surface area contributed by atoms with Crippen molar-refractivity contribution < 1.29 is 14.4 Å². The maximum atomic E-state index is 12.6. The van der Waals surface area contributed by atoms with Gasteiger partial charge in [-0.2, -0.15) is 0 Å². The van der Waals surface area contributed by atoms with E-state index in [2.05, 4.69) is 0 Å². The highest BCUT2D eigenvalue weighted by Crippen LogP contribution is 2.39. The number of nitrogens with zero attached hydrogens (tertiary/aromatic N) is 3. The van der Waals surface area contributed by atoms with E-state index in [9.17, 15) is 14.4 Å². The molecule has 3 aliphatic rings. The van der Waals surface area contributed by atoms with Crippen LogP contribution >= 0.6 is 0 Å². The first-order chi connectivity index (χ1) is 11.0. The molecule has 3 fully saturated rings. The van der Waals surface area contributed by atoms with Gasteiger partial charge in [0.05, 0.1) is 12.0 Å². The van der Waals surface area contributed by atoms with E-state index in [1.54, 1.807) is 14.7 Å². The average molecular weight is 321 g/mol. The fourth-order valence-corrected chi connectivity index (χ4v) is 4.20. The molecule has 0 bridgehead atoms. The van der Waals surface area contributed by atoms with Crippen molar-refractivity contribution in [3.05, 3.63) is 0 Å². The lowest BCUT2D eigenvalue weighted by atomic mass is 9.78. The Morgan fingerprint density at radius 1 is 1.04 bits per heavy atom. The predicted octanol–water partition coefficient (Wildman–Crippen LogP) is 0.860. The van der Waals surface area contributed by atoms with Gasteiger partial charge >= 0.3 is 0 Å². The lowest BCUT2D eigenvalue weighted by Crippen LogP contribution is -2.49. The van der Waals surface area contributed by atoms with Gasteiger partial charge in [0.1, 0.15) is 0 Å². The fourth-order valence-electron chi connectivity index (χ4n) is 4.20. The molecule has 0 aliphatic carbocycles. The van der Waals surface area contributed by atoms with Crippen molar-refractivity contribution in [3.8, 4) is 0 Å². The molecule has 0 N–H and O–H groups in total. The Balaban J connectivity index is 1.61. The van der Waals surface area contributed by atoms with Crippen molar-refractivity contribution in [2.45, 2.75) is 44.9 Å². The number of carbonyl (C=O) groups is 3. The summed E-state index contributed by atoms with van der Waals surface area (Å²) in [5.74, 6) is 0.279. The van der Waals surface area contributed by atoms with Gasteiger partial charge in [0.2, 0.25) is 17.7 Å². The summed E-state index contributed by atoms with van der Waals surface area (Å²) in [4.78, 5) is 42.5. The van der Waals surface area contributed by atoms with Crippen LogP contribution in [0.3, 0.4) is 0 Å². The molecular weight excluding hydrogens is 294 g/mol. The maximum absolute atomic E-state index is 12.6. The molecule has 0 saturated carbocycles. The van der Waals surface area contributed by atoms with Gasteiger partial charge in [-0.05, 0) is 32.1 Å². The van der Waals surface area contributed by atoms with E-state index < -0.39 is 0 Å². The second kappa shape index (κ2) is 6.49. The zero-order chi connectivity index (χ0) is 16.4. The summed E-state index contributed by atoms with van der Waals surface area (Å²) >= 11 is 0. The van der Waals surface area contributed by atoms with E-state index in [1.165, 1.54) is 0 Å². The molecule has 0 aromatic carbocycles. The Bertz CT molecular complexity index is 507. The SMILES string of the molecule is CN1CCC[C@@]2(CCN(C(=O)CN3CCCCCC3=O)C2)C1=O. The third kappa shape index (κ3) is 3.21. The van der Waals surface area contributed by atoms with Crippen LogP contribution in [0, 0.1) is 5.41 Å². The molecule has 3 heterocycles. The minimum Gasteiger partial charge on any atom is -0.345 e. The van der Waals surface area contributed by atoms with Crippen molar-refractivity contribution in [2.75, 3.05) is 39.8 Å². The summed E-state index contributed by atoms with van der Waals surface area (Å²) in [5.41, 5.74) is -0.370. The summed E-state index contributed by atoms with van der Waals surface area (Å²) in [6.07, 6.45) is 6.17. The van der Waals surface area contributed by atoms with Crippen molar-refractivity contribution >= 4 is 17.7 Å². The zero-order valence-electron chi connectivity index (χ0n) is 14.1. The number of likely N-dealkylation sites (tertiary alicyclic amines) is 3. The summed E-state index contributed by atoms with van der Waals surface area (Å²) < 4.78 is 0. The predicted molar refractivity (Wildman–Crippen MR) is 85.5 cm³/mol.